The van der Waals surface area contributed by atoms with Gasteiger partial charge in [0.15, 0.2) is 0 Å². The summed E-state index contributed by atoms with van der Waals surface area (Å²) < 4.78 is 5.80. The van der Waals surface area contributed by atoms with Gasteiger partial charge in [-0.05, 0) is 31.4 Å². The SMILES string of the molecule is CC(C)Oc1ccccc1CNCc1cccs1. The summed E-state index contributed by atoms with van der Waals surface area (Å²) in [7, 11) is 0. The third-order valence-electron chi connectivity index (χ3n) is 2.53. The zero-order valence-corrected chi connectivity index (χ0v) is 11.7. The predicted molar refractivity (Wildman–Crippen MR) is 77.1 cm³/mol. The predicted octanol–water partition coefficient (Wildman–Crippen LogP) is 3.83. The summed E-state index contributed by atoms with van der Waals surface area (Å²) in [6.45, 7) is 5.85. The monoisotopic (exact) mass is 261 g/mol. The molecule has 0 atom stereocenters. The fourth-order valence-corrected chi connectivity index (χ4v) is 2.43. The fraction of sp³-hybridized carbons (Fsp3) is 0.333. The van der Waals surface area contributed by atoms with E-state index in [0.29, 0.717) is 0 Å². The molecule has 0 unspecified atom stereocenters. The highest BCUT2D eigenvalue weighted by Crippen LogP contribution is 2.19. The number of rotatable bonds is 6. The molecule has 0 radical (unpaired) electrons. The van der Waals surface area contributed by atoms with Gasteiger partial charge in [-0.25, -0.2) is 0 Å². The first kappa shape index (κ1) is 13.1. The van der Waals surface area contributed by atoms with Crippen molar-refractivity contribution in [3.8, 4) is 5.75 Å². The van der Waals surface area contributed by atoms with Crippen LogP contribution in [0.4, 0.5) is 0 Å². The molecule has 0 aliphatic heterocycles. The highest BCUT2D eigenvalue weighted by Gasteiger charge is 2.04. The number of thiophene rings is 1. The first-order chi connectivity index (χ1) is 8.75. The van der Waals surface area contributed by atoms with Crippen LogP contribution in [-0.2, 0) is 13.1 Å². The topological polar surface area (TPSA) is 21.3 Å². The Balaban J connectivity index is 1.92. The second-order valence-electron chi connectivity index (χ2n) is 4.46. The van der Waals surface area contributed by atoms with Crippen LogP contribution in [-0.4, -0.2) is 6.10 Å². The van der Waals surface area contributed by atoms with E-state index >= 15 is 0 Å². The third-order valence-corrected chi connectivity index (χ3v) is 3.41. The Bertz CT molecular complexity index is 465. The lowest BCUT2D eigenvalue weighted by Crippen LogP contribution is -2.14. The largest absolute Gasteiger partial charge is 0.491 e. The summed E-state index contributed by atoms with van der Waals surface area (Å²) >= 11 is 1.78. The maximum absolute atomic E-state index is 5.80. The average Bonchev–Trinajstić information content (AvgIpc) is 2.84. The summed E-state index contributed by atoms with van der Waals surface area (Å²) in [5.41, 5.74) is 1.21. The van der Waals surface area contributed by atoms with Crippen LogP contribution in [0.15, 0.2) is 41.8 Å². The van der Waals surface area contributed by atoms with E-state index in [2.05, 4.69) is 48.8 Å². The molecule has 0 spiro atoms. The third kappa shape index (κ3) is 3.86. The maximum Gasteiger partial charge on any atom is 0.124 e. The molecule has 0 fully saturated rings. The van der Waals surface area contributed by atoms with Gasteiger partial charge in [0.25, 0.3) is 0 Å². The lowest BCUT2D eigenvalue weighted by atomic mass is 10.2. The van der Waals surface area contributed by atoms with Crippen molar-refractivity contribution < 1.29 is 4.74 Å². The summed E-state index contributed by atoms with van der Waals surface area (Å²) in [6, 6.07) is 12.4. The summed E-state index contributed by atoms with van der Waals surface area (Å²) in [6.07, 6.45) is 0.212. The van der Waals surface area contributed by atoms with Gasteiger partial charge in [-0.3, -0.25) is 0 Å². The van der Waals surface area contributed by atoms with Gasteiger partial charge in [0.05, 0.1) is 6.10 Å². The number of para-hydroxylation sites is 1. The van der Waals surface area contributed by atoms with Crippen LogP contribution in [0.2, 0.25) is 0 Å². The van der Waals surface area contributed by atoms with E-state index in [1.165, 1.54) is 10.4 Å². The van der Waals surface area contributed by atoms with E-state index in [9.17, 15) is 0 Å². The number of ether oxygens (including phenoxy) is 1. The van der Waals surface area contributed by atoms with Crippen LogP contribution in [0.25, 0.3) is 0 Å². The van der Waals surface area contributed by atoms with Crippen molar-refractivity contribution >= 4 is 11.3 Å². The van der Waals surface area contributed by atoms with E-state index in [-0.39, 0.29) is 6.10 Å². The van der Waals surface area contributed by atoms with E-state index in [1.807, 2.05) is 12.1 Å². The standard InChI is InChI=1S/C15H19NOS/c1-12(2)17-15-8-4-3-6-13(15)10-16-11-14-7-5-9-18-14/h3-9,12,16H,10-11H2,1-2H3. The smallest absolute Gasteiger partial charge is 0.124 e. The molecular formula is C15H19NOS. The van der Waals surface area contributed by atoms with Gasteiger partial charge < -0.3 is 10.1 Å². The molecule has 0 bridgehead atoms. The van der Waals surface area contributed by atoms with Crippen molar-refractivity contribution in [2.75, 3.05) is 0 Å². The quantitative estimate of drug-likeness (QED) is 0.853. The Hall–Kier alpha value is -1.32. The van der Waals surface area contributed by atoms with Crippen LogP contribution < -0.4 is 10.1 Å². The maximum atomic E-state index is 5.80. The van der Waals surface area contributed by atoms with Crippen molar-refractivity contribution in [2.24, 2.45) is 0 Å². The highest BCUT2D eigenvalue weighted by molar-refractivity contribution is 7.09. The molecule has 1 N–H and O–H groups in total. The average molecular weight is 261 g/mol. The number of hydrogen-bond acceptors (Lipinski definition) is 3. The first-order valence-electron chi connectivity index (χ1n) is 6.23. The van der Waals surface area contributed by atoms with Gasteiger partial charge in [0, 0.05) is 23.5 Å². The summed E-state index contributed by atoms with van der Waals surface area (Å²) in [4.78, 5) is 1.36. The van der Waals surface area contributed by atoms with Gasteiger partial charge >= 0.3 is 0 Å². The van der Waals surface area contributed by atoms with E-state index in [1.54, 1.807) is 11.3 Å². The summed E-state index contributed by atoms with van der Waals surface area (Å²) in [5, 5.41) is 5.55. The summed E-state index contributed by atoms with van der Waals surface area (Å²) in [5.74, 6) is 0.978. The van der Waals surface area contributed by atoms with Gasteiger partial charge in [-0.2, -0.15) is 0 Å². The van der Waals surface area contributed by atoms with Crippen molar-refractivity contribution in [2.45, 2.75) is 33.0 Å². The molecule has 0 saturated heterocycles. The number of benzene rings is 1. The van der Waals surface area contributed by atoms with E-state index in [4.69, 9.17) is 4.74 Å². The van der Waals surface area contributed by atoms with Crippen LogP contribution in [0.5, 0.6) is 5.75 Å². The van der Waals surface area contributed by atoms with Crippen LogP contribution in [0.3, 0.4) is 0 Å². The van der Waals surface area contributed by atoms with E-state index in [0.717, 1.165) is 18.8 Å². The molecule has 3 heteroatoms. The van der Waals surface area contributed by atoms with E-state index < -0.39 is 0 Å². The molecule has 1 heterocycles. The Morgan fingerprint density at radius 1 is 1.11 bits per heavy atom. The Morgan fingerprint density at radius 2 is 1.94 bits per heavy atom. The van der Waals surface area contributed by atoms with Gasteiger partial charge in [0.1, 0.15) is 5.75 Å². The zero-order valence-electron chi connectivity index (χ0n) is 10.8. The minimum Gasteiger partial charge on any atom is -0.491 e. The molecule has 0 saturated carbocycles. The lowest BCUT2D eigenvalue weighted by molar-refractivity contribution is 0.239. The minimum absolute atomic E-state index is 0.212. The molecule has 18 heavy (non-hydrogen) atoms. The molecule has 0 amide bonds. The number of nitrogens with one attached hydrogen (secondary N) is 1. The molecule has 0 aliphatic carbocycles. The van der Waals surface area contributed by atoms with Crippen molar-refractivity contribution in [1.29, 1.82) is 0 Å². The van der Waals surface area contributed by atoms with Crippen molar-refractivity contribution in [1.82, 2.24) is 5.32 Å². The Labute approximate surface area is 113 Å². The second-order valence-corrected chi connectivity index (χ2v) is 5.49. The van der Waals surface area contributed by atoms with Gasteiger partial charge in [0.2, 0.25) is 0 Å². The molecule has 0 aliphatic rings. The highest BCUT2D eigenvalue weighted by atomic mass is 32.1. The molecule has 2 nitrogen and oxygen atoms in total. The van der Waals surface area contributed by atoms with Gasteiger partial charge in [-0.15, -0.1) is 11.3 Å². The molecule has 1 aromatic heterocycles. The van der Waals surface area contributed by atoms with Crippen molar-refractivity contribution in [3.05, 3.63) is 52.2 Å². The zero-order chi connectivity index (χ0) is 12.8. The molecule has 2 rings (SSSR count). The Kier molecular flexibility index (Phi) is 4.79. The molecule has 96 valence electrons. The molecule has 2 aromatic rings. The van der Waals surface area contributed by atoms with Gasteiger partial charge in [-0.1, -0.05) is 24.3 Å². The van der Waals surface area contributed by atoms with Crippen LogP contribution >= 0.6 is 11.3 Å². The first-order valence-corrected chi connectivity index (χ1v) is 7.11. The molecular weight excluding hydrogens is 242 g/mol. The number of hydrogen-bond donors (Lipinski definition) is 1. The normalized spacial score (nSPS) is 10.8. The molecule has 1 aromatic carbocycles. The lowest BCUT2D eigenvalue weighted by Gasteiger charge is -2.14. The minimum atomic E-state index is 0.212. The second kappa shape index (κ2) is 6.57. The van der Waals surface area contributed by atoms with Crippen LogP contribution in [0.1, 0.15) is 24.3 Å². The van der Waals surface area contributed by atoms with Crippen LogP contribution in [0, 0.1) is 0 Å². The fourth-order valence-electron chi connectivity index (χ4n) is 1.75. The Morgan fingerprint density at radius 3 is 2.67 bits per heavy atom. The van der Waals surface area contributed by atoms with Crippen molar-refractivity contribution in [3.63, 3.8) is 0 Å².